The SMILES string of the molecule is Cc1noc(NS(=O)(=O)c2ccc(NC(=O)CCCOc3ccc(Cl)cc3)cc2)c1C. The van der Waals surface area contributed by atoms with Crippen LogP contribution in [0.15, 0.2) is 57.9 Å². The Balaban J connectivity index is 1.48. The number of aromatic nitrogens is 1. The molecule has 0 spiro atoms. The number of amides is 1. The summed E-state index contributed by atoms with van der Waals surface area (Å²) in [4.78, 5) is 12.1. The molecule has 31 heavy (non-hydrogen) atoms. The van der Waals surface area contributed by atoms with Gasteiger partial charge in [-0.1, -0.05) is 16.8 Å². The molecule has 0 unspecified atom stereocenters. The van der Waals surface area contributed by atoms with Crippen LogP contribution < -0.4 is 14.8 Å². The molecule has 2 aromatic carbocycles. The van der Waals surface area contributed by atoms with Crippen LogP contribution in [0.4, 0.5) is 11.6 Å². The van der Waals surface area contributed by atoms with E-state index in [4.69, 9.17) is 20.9 Å². The summed E-state index contributed by atoms with van der Waals surface area (Å²) in [7, 11) is -3.84. The highest BCUT2D eigenvalue weighted by Crippen LogP contribution is 2.22. The zero-order chi connectivity index (χ0) is 22.4. The Labute approximate surface area is 185 Å². The number of nitrogens with zero attached hydrogens (tertiary/aromatic N) is 1. The van der Waals surface area contributed by atoms with Gasteiger partial charge in [-0.05, 0) is 68.8 Å². The average molecular weight is 464 g/mol. The zero-order valence-corrected chi connectivity index (χ0v) is 18.6. The molecule has 0 radical (unpaired) electrons. The Morgan fingerprint density at radius 2 is 1.77 bits per heavy atom. The van der Waals surface area contributed by atoms with Crippen LogP contribution in [0.1, 0.15) is 24.1 Å². The van der Waals surface area contributed by atoms with Crippen LogP contribution in [-0.4, -0.2) is 26.1 Å². The minimum atomic E-state index is -3.84. The summed E-state index contributed by atoms with van der Waals surface area (Å²) >= 11 is 5.82. The maximum absolute atomic E-state index is 12.5. The number of sulfonamides is 1. The Kier molecular flexibility index (Phi) is 7.19. The third-order valence-electron chi connectivity index (χ3n) is 4.46. The fourth-order valence-electron chi connectivity index (χ4n) is 2.59. The first-order chi connectivity index (χ1) is 14.7. The molecule has 0 aliphatic heterocycles. The third kappa shape index (κ3) is 6.22. The van der Waals surface area contributed by atoms with Gasteiger partial charge in [-0.2, -0.15) is 0 Å². The van der Waals surface area contributed by atoms with Gasteiger partial charge in [0.1, 0.15) is 5.75 Å². The number of hydrogen-bond acceptors (Lipinski definition) is 6. The second-order valence-electron chi connectivity index (χ2n) is 6.81. The van der Waals surface area contributed by atoms with Crippen LogP contribution in [0, 0.1) is 13.8 Å². The number of carbonyl (C=O) groups excluding carboxylic acids is 1. The fourth-order valence-corrected chi connectivity index (χ4v) is 3.76. The zero-order valence-electron chi connectivity index (χ0n) is 17.0. The van der Waals surface area contributed by atoms with Crippen molar-refractivity contribution in [3.05, 3.63) is 64.8 Å². The van der Waals surface area contributed by atoms with Crippen LogP contribution in [0.2, 0.25) is 5.02 Å². The van der Waals surface area contributed by atoms with E-state index in [0.717, 1.165) is 0 Å². The van der Waals surface area contributed by atoms with Crippen molar-refractivity contribution in [1.82, 2.24) is 5.16 Å². The predicted octanol–water partition coefficient (Wildman–Crippen LogP) is 4.54. The number of anilines is 2. The Morgan fingerprint density at radius 1 is 1.10 bits per heavy atom. The molecular formula is C21H22ClN3O5S. The van der Waals surface area contributed by atoms with Crippen molar-refractivity contribution >= 4 is 39.1 Å². The van der Waals surface area contributed by atoms with Gasteiger partial charge in [0, 0.05) is 22.7 Å². The minimum absolute atomic E-state index is 0.0373. The van der Waals surface area contributed by atoms with Crippen LogP contribution in [-0.2, 0) is 14.8 Å². The van der Waals surface area contributed by atoms with E-state index in [2.05, 4.69) is 15.2 Å². The molecule has 2 N–H and O–H groups in total. The van der Waals surface area contributed by atoms with E-state index in [1.165, 1.54) is 24.3 Å². The van der Waals surface area contributed by atoms with Crippen molar-refractivity contribution in [2.45, 2.75) is 31.6 Å². The second kappa shape index (κ2) is 9.84. The Morgan fingerprint density at radius 3 is 2.39 bits per heavy atom. The van der Waals surface area contributed by atoms with Gasteiger partial charge in [0.05, 0.1) is 17.2 Å². The number of nitrogens with one attached hydrogen (secondary N) is 2. The predicted molar refractivity (Wildman–Crippen MR) is 118 cm³/mol. The molecule has 10 heteroatoms. The van der Waals surface area contributed by atoms with E-state index in [1.807, 2.05) is 0 Å². The van der Waals surface area contributed by atoms with Crippen molar-refractivity contribution in [3.63, 3.8) is 0 Å². The number of aryl methyl sites for hydroxylation is 1. The molecule has 0 fully saturated rings. The first kappa shape index (κ1) is 22.6. The topological polar surface area (TPSA) is 111 Å². The summed E-state index contributed by atoms with van der Waals surface area (Å²) in [6.45, 7) is 3.82. The second-order valence-corrected chi connectivity index (χ2v) is 8.92. The lowest BCUT2D eigenvalue weighted by molar-refractivity contribution is -0.116. The van der Waals surface area contributed by atoms with Gasteiger partial charge < -0.3 is 14.6 Å². The standard InChI is InChI=1S/C21H22ClN3O5S/c1-14-15(2)24-30-21(14)25-31(27,28)19-11-7-17(8-12-19)23-20(26)4-3-13-29-18-9-5-16(22)6-10-18/h5-12,25H,3-4,13H2,1-2H3,(H,23,26). The number of hydrogen-bond donors (Lipinski definition) is 2. The fraction of sp³-hybridized carbons (Fsp3) is 0.238. The number of benzene rings is 2. The number of ether oxygens (including phenoxy) is 1. The lowest BCUT2D eigenvalue weighted by Crippen LogP contribution is -2.14. The summed E-state index contributed by atoms with van der Waals surface area (Å²) < 4.78 is 37.9. The quantitative estimate of drug-likeness (QED) is 0.450. The minimum Gasteiger partial charge on any atom is -0.494 e. The van der Waals surface area contributed by atoms with Crippen LogP contribution >= 0.6 is 11.6 Å². The van der Waals surface area contributed by atoms with Gasteiger partial charge in [0.15, 0.2) is 0 Å². The first-order valence-electron chi connectivity index (χ1n) is 9.48. The van der Waals surface area contributed by atoms with Crippen molar-refractivity contribution < 1.29 is 22.5 Å². The van der Waals surface area contributed by atoms with Gasteiger partial charge in [0.2, 0.25) is 11.8 Å². The first-order valence-corrected chi connectivity index (χ1v) is 11.3. The maximum Gasteiger partial charge on any atom is 0.264 e. The molecule has 0 bridgehead atoms. The molecule has 0 aliphatic rings. The van der Waals surface area contributed by atoms with Crippen LogP contribution in [0.25, 0.3) is 0 Å². The highest BCUT2D eigenvalue weighted by molar-refractivity contribution is 7.92. The molecule has 3 rings (SSSR count). The van der Waals surface area contributed by atoms with Gasteiger partial charge in [-0.15, -0.1) is 0 Å². The van der Waals surface area contributed by atoms with Crippen LogP contribution in [0.3, 0.4) is 0 Å². The molecule has 1 aromatic heterocycles. The van der Waals surface area contributed by atoms with Gasteiger partial charge in [-0.3, -0.25) is 4.79 Å². The highest BCUT2D eigenvalue weighted by Gasteiger charge is 2.19. The van der Waals surface area contributed by atoms with Gasteiger partial charge >= 0.3 is 0 Å². The Bertz CT molecular complexity index is 1140. The molecule has 8 nitrogen and oxygen atoms in total. The number of halogens is 1. The smallest absolute Gasteiger partial charge is 0.264 e. The van der Waals surface area contributed by atoms with Crippen molar-refractivity contribution in [3.8, 4) is 5.75 Å². The van der Waals surface area contributed by atoms with Gasteiger partial charge in [-0.25, -0.2) is 13.1 Å². The number of rotatable bonds is 9. The van der Waals surface area contributed by atoms with E-state index in [1.54, 1.807) is 38.1 Å². The summed E-state index contributed by atoms with van der Waals surface area (Å²) in [6.07, 6.45) is 0.792. The number of carbonyl (C=O) groups is 1. The maximum atomic E-state index is 12.5. The average Bonchev–Trinajstić information content (AvgIpc) is 3.04. The Hall–Kier alpha value is -3.04. The van der Waals surface area contributed by atoms with Crippen molar-refractivity contribution in [1.29, 1.82) is 0 Å². The molecule has 164 valence electrons. The monoisotopic (exact) mass is 463 g/mol. The highest BCUT2D eigenvalue weighted by atomic mass is 35.5. The lowest BCUT2D eigenvalue weighted by Gasteiger charge is -2.09. The molecule has 0 saturated carbocycles. The summed E-state index contributed by atoms with van der Waals surface area (Å²) in [5.41, 5.74) is 1.72. The third-order valence-corrected chi connectivity index (χ3v) is 6.06. The van der Waals surface area contributed by atoms with E-state index in [9.17, 15) is 13.2 Å². The normalized spacial score (nSPS) is 11.2. The van der Waals surface area contributed by atoms with E-state index in [0.29, 0.717) is 40.7 Å². The van der Waals surface area contributed by atoms with E-state index in [-0.39, 0.29) is 23.1 Å². The molecule has 1 heterocycles. The molecule has 0 atom stereocenters. The molecule has 0 saturated heterocycles. The molecule has 0 aliphatic carbocycles. The van der Waals surface area contributed by atoms with Crippen molar-refractivity contribution in [2.24, 2.45) is 0 Å². The summed E-state index contributed by atoms with van der Waals surface area (Å²) in [6, 6.07) is 12.8. The summed E-state index contributed by atoms with van der Waals surface area (Å²) in [5, 5.41) is 7.09. The van der Waals surface area contributed by atoms with E-state index >= 15 is 0 Å². The molecule has 3 aromatic rings. The lowest BCUT2D eigenvalue weighted by atomic mass is 10.2. The van der Waals surface area contributed by atoms with E-state index < -0.39 is 10.0 Å². The van der Waals surface area contributed by atoms with Gasteiger partial charge in [0.25, 0.3) is 10.0 Å². The molecule has 1 amide bonds. The van der Waals surface area contributed by atoms with Crippen molar-refractivity contribution in [2.75, 3.05) is 16.6 Å². The molecular weight excluding hydrogens is 442 g/mol. The largest absolute Gasteiger partial charge is 0.494 e. The van der Waals surface area contributed by atoms with Crippen LogP contribution in [0.5, 0.6) is 5.75 Å². The summed E-state index contributed by atoms with van der Waals surface area (Å²) in [5.74, 6) is 0.572.